The molecule has 1 saturated heterocycles. The number of fused-ring (bicyclic) bond motifs is 1. The van der Waals surface area contributed by atoms with Gasteiger partial charge in [-0.3, -0.25) is 33.3 Å². The van der Waals surface area contributed by atoms with E-state index >= 15 is 0 Å². The van der Waals surface area contributed by atoms with Crippen LogP contribution in [0.5, 0.6) is 0 Å². The summed E-state index contributed by atoms with van der Waals surface area (Å²) in [4.78, 5) is 115. The molecule has 0 saturated carbocycles. The molecule has 1 fully saturated rings. The average molecular weight is 1290 g/mol. The molecule has 2 bridgehead atoms. The van der Waals surface area contributed by atoms with E-state index in [1.165, 1.54) is 35.0 Å². The number of rotatable bonds is 39. The van der Waals surface area contributed by atoms with Crippen LogP contribution in [0.25, 0.3) is 21.3 Å². The van der Waals surface area contributed by atoms with Gasteiger partial charge in [0.05, 0.1) is 43.4 Å². The van der Waals surface area contributed by atoms with Crippen LogP contribution in [0, 0.1) is 0 Å². The van der Waals surface area contributed by atoms with E-state index in [2.05, 4.69) is 62.4 Å². The van der Waals surface area contributed by atoms with E-state index in [1.54, 1.807) is 19.0 Å². The maximum Gasteiger partial charge on any atom is 0.422 e. The van der Waals surface area contributed by atoms with Crippen LogP contribution in [0.4, 0.5) is 17.1 Å². The molecule has 4 aliphatic rings. The van der Waals surface area contributed by atoms with Gasteiger partial charge < -0.3 is 61.7 Å². The number of hydrogen-bond donors (Lipinski definition) is 6. The lowest BCUT2D eigenvalue weighted by Gasteiger charge is -2.51. The first-order valence-corrected chi connectivity index (χ1v) is 33.6. The van der Waals surface area contributed by atoms with Gasteiger partial charge in [0.25, 0.3) is 5.91 Å². The summed E-state index contributed by atoms with van der Waals surface area (Å²) in [5, 5.41) is 13.5. The van der Waals surface area contributed by atoms with Crippen LogP contribution in [-0.4, -0.2) is 147 Å². The van der Waals surface area contributed by atoms with E-state index in [-0.39, 0.29) is 111 Å². The first kappa shape index (κ1) is 71.6. The number of carbonyl (C=O) groups excluding carboxylic acids is 6. The second-order valence-electron chi connectivity index (χ2n) is 25.1. The second-order valence-corrected chi connectivity index (χ2v) is 25.1. The van der Waals surface area contributed by atoms with Crippen LogP contribution in [0.15, 0.2) is 91.9 Å². The Morgan fingerprint density at radius 2 is 1.12 bits per heavy atom. The SMILES string of the molecule is CN(CCOCCOCCN(C)C(=O)[C@@H]1C[C@H](N=[N+]=[N-])CN1C(=O)c1ccc2c(=O)oc(=O)n(C)c2c1)C(=O)CCC12c3ccc(NC(=O)CCCCCCCN)cc3C(c3ccc(NC(=O)CCCCCCCN)cc31)c1ccc(NC(=O)CCCCCCCN)cc12. The third kappa shape index (κ3) is 18.2. The van der Waals surface area contributed by atoms with Gasteiger partial charge >= 0.3 is 11.4 Å². The lowest BCUT2D eigenvalue weighted by molar-refractivity contribution is -0.135. The monoisotopic (exact) mass is 1290 g/mol. The number of hydrogen-bond acceptors (Lipinski definition) is 15. The molecule has 4 aromatic carbocycles. The number of unbranched alkanes of at least 4 members (excludes halogenated alkanes) is 12. The molecule has 94 heavy (non-hydrogen) atoms. The quantitative estimate of drug-likeness (QED) is 0.00928. The number of benzene rings is 4. The fourth-order valence-corrected chi connectivity index (χ4v) is 13.4. The van der Waals surface area contributed by atoms with Crippen molar-refractivity contribution >= 4 is 63.4 Å². The summed E-state index contributed by atoms with van der Waals surface area (Å²) in [5.41, 5.74) is 32.8. The van der Waals surface area contributed by atoms with Gasteiger partial charge in [-0.05, 0) is 165 Å². The van der Waals surface area contributed by atoms with Gasteiger partial charge in [0.1, 0.15) is 6.04 Å². The first-order chi connectivity index (χ1) is 45.5. The highest BCUT2D eigenvalue weighted by Gasteiger charge is 2.52. The lowest BCUT2D eigenvalue weighted by atomic mass is 9.51. The zero-order chi connectivity index (χ0) is 67.2. The molecule has 5 aromatic rings. The minimum Gasteiger partial charge on any atom is -0.377 e. The van der Waals surface area contributed by atoms with Gasteiger partial charge in [-0.25, -0.2) is 9.59 Å². The Hall–Kier alpha value is -8.25. The molecule has 0 unspecified atom stereocenters. The number of nitrogens with zero attached hydrogens (tertiary/aromatic N) is 7. The number of aryl methyl sites for hydroxylation is 1. The molecule has 506 valence electrons. The fraction of sp³-hybridized carbons (Fsp3) is 0.543. The Morgan fingerprint density at radius 1 is 0.617 bits per heavy atom. The first-order valence-electron chi connectivity index (χ1n) is 33.6. The Balaban J connectivity index is 0.935. The number of carbonyl (C=O) groups is 6. The Bertz CT molecular complexity index is 3560. The minimum atomic E-state index is -0.963. The van der Waals surface area contributed by atoms with E-state index < -0.39 is 34.8 Å². The van der Waals surface area contributed by atoms with Crippen molar-refractivity contribution in [3.63, 3.8) is 0 Å². The molecule has 2 atom stereocenters. The van der Waals surface area contributed by atoms with Crippen molar-refractivity contribution in [3.8, 4) is 0 Å². The van der Waals surface area contributed by atoms with Gasteiger partial charge in [-0.15, -0.1) is 0 Å². The number of ether oxygens (including phenoxy) is 2. The number of likely N-dealkylation sites (tertiary alicyclic amines) is 1. The largest absolute Gasteiger partial charge is 0.422 e. The molecule has 1 aromatic heterocycles. The fourth-order valence-electron chi connectivity index (χ4n) is 13.4. The molecule has 24 heteroatoms. The predicted molar refractivity (Wildman–Crippen MR) is 363 cm³/mol. The van der Waals surface area contributed by atoms with Gasteiger partial charge in [-0.1, -0.05) is 81.1 Å². The average Bonchev–Trinajstić information content (AvgIpc) is 0.725. The van der Waals surface area contributed by atoms with Crippen LogP contribution >= 0.6 is 0 Å². The van der Waals surface area contributed by atoms with Gasteiger partial charge in [0.2, 0.25) is 29.5 Å². The Morgan fingerprint density at radius 3 is 1.65 bits per heavy atom. The van der Waals surface area contributed by atoms with Crippen molar-refractivity contribution in [2.45, 2.75) is 158 Å². The third-order valence-corrected chi connectivity index (χ3v) is 18.5. The molecule has 3 aliphatic carbocycles. The van der Waals surface area contributed by atoms with Crippen LogP contribution < -0.4 is 44.5 Å². The maximum absolute atomic E-state index is 14.6. The summed E-state index contributed by atoms with van der Waals surface area (Å²) in [7, 11) is 4.74. The predicted octanol–water partition coefficient (Wildman–Crippen LogP) is 8.67. The summed E-state index contributed by atoms with van der Waals surface area (Å²) in [6.45, 7) is 3.13. The zero-order valence-corrected chi connectivity index (χ0v) is 54.9. The summed E-state index contributed by atoms with van der Waals surface area (Å²) >= 11 is 0. The summed E-state index contributed by atoms with van der Waals surface area (Å²) in [6, 6.07) is 20.8. The van der Waals surface area contributed by atoms with Crippen LogP contribution in [0.2, 0.25) is 0 Å². The third-order valence-electron chi connectivity index (χ3n) is 18.5. The van der Waals surface area contributed by atoms with Crippen molar-refractivity contribution in [2.24, 2.45) is 29.4 Å². The number of likely N-dealkylation sites (N-methyl/N-ethyl adjacent to an activating group) is 2. The van der Waals surface area contributed by atoms with Crippen LogP contribution in [-0.2, 0) is 45.9 Å². The molecule has 0 radical (unpaired) electrons. The van der Waals surface area contributed by atoms with E-state index in [9.17, 15) is 43.9 Å². The molecule has 9 N–H and O–H groups in total. The second kappa shape index (κ2) is 35.3. The summed E-state index contributed by atoms with van der Waals surface area (Å²) in [6.07, 6.45) is 15.8. The van der Waals surface area contributed by atoms with Gasteiger partial charge in [0, 0.05) is 105 Å². The van der Waals surface area contributed by atoms with Crippen molar-refractivity contribution < 1.29 is 42.7 Å². The number of nitrogens with two attached hydrogens (primary N) is 3. The highest BCUT2D eigenvalue weighted by Crippen LogP contribution is 2.62. The zero-order valence-electron chi connectivity index (χ0n) is 54.9. The van der Waals surface area contributed by atoms with Crippen molar-refractivity contribution in [3.05, 3.63) is 143 Å². The molecular weight excluding hydrogens is 1200 g/mol. The highest BCUT2D eigenvalue weighted by molar-refractivity contribution is 6.01. The van der Waals surface area contributed by atoms with Crippen molar-refractivity contribution in [2.75, 3.05) is 95.7 Å². The number of azide groups is 1. The molecule has 6 amide bonds. The Labute approximate surface area is 549 Å². The number of aromatic nitrogens is 1. The molecule has 9 rings (SSSR count). The molecule has 2 heterocycles. The molecule has 0 spiro atoms. The topological polar surface area (TPSA) is 346 Å². The summed E-state index contributed by atoms with van der Waals surface area (Å²) in [5.74, 6) is -2.43. The molecule has 24 nitrogen and oxygen atoms in total. The summed E-state index contributed by atoms with van der Waals surface area (Å²) < 4.78 is 17.7. The van der Waals surface area contributed by atoms with Crippen LogP contribution in [0.1, 0.15) is 184 Å². The maximum atomic E-state index is 14.6. The normalized spacial score (nSPS) is 16.6. The van der Waals surface area contributed by atoms with Crippen LogP contribution in [0.3, 0.4) is 0 Å². The van der Waals surface area contributed by atoms with Crippen molar-refractivity contribution in [1.29, 1.82) is 0 Å². The van der Waals surface area contributed by atoms with E-state index in [4.69, 9.17) is 31.1 Å². The Kier molecular flexibility index (Phi) is 26.9. The molecule has 1 aliphatic heterocycles. The van der Waals surface area contributed by atoms with E-state index in [1.807, 2.05) is 18.2 Å². The number of amides is 6. The van der Waals surface area contributed by atoms with E-state index in [0.29, 0.717) is 62.4 Å². The lowest BCUT2D eigenvalue weighted by Crippen LogP contribution is -2.47. The molecular formula is C70H95N13O11. The highest BCUT2D eigenvalue weighted by atomic mass is 16.5. The van der Waals surface area contributed by atoms with Crippen molar-refractivity contribution in [1.82, 2.24) is 19.3 Å². The standard InChI is InChI=1S/C70H95N13O11/c1-80(35-37-92-39-40-93-38-36-81(2)67(89)60-45-51(78-79-74)46-83(60)66(88)47-22-26-54-59(41-47)82(3)69(91)94-68(54)90)64(87)30-31-70-56-29-25-48(75-61(84)19-13-7-4-10-16-32-71)42-55(56)65(52-27-23-49(43-57(52)70)76-62(85)20-14-8-5-11-17-33-72)53-28-24-50(44-58(53)70)77-63(86)21-15-9-6-12-18-34-73/h22-29,41-44,51,60,65H,4-21,30-40,45-46,71-73H2,1-3H3,(H,75,84)(H,76,85)(H,77,86)/t51-,60-,65?,70?/m0/s1. The number of nitrogens with one attached hydrogen (secondary N) is 3. The minimum absolute atomic E-state index is 0.0181. The number of anilines is 3. The van der Waals surface area contributed by atoms with Gasteiger partial charge in [-0.2, -0.15) is 0 Å². The smallest absolute Gasteiger partial charge is 0.377 e. The van der Waals surface area contributed by atoms with Gasteiger partial charge in [0.15, 0.2) is 0 Å². The van der Waals surface area contributed by atoms with E-state index in [0.717, 1.165) is 134 Å².